The van der Waals surface area contributed by atoms with E-state index in [0.717, 1.165) is 12.8 Å². The summed E-state index contributed by atoms with van der Waals surface area (Å²) in [5.41, 5.74) is 3.08. The highest BCUT2D eigenvalue weighted by Gasteiger charge is 2.17. The summed E-state index contributed by atoms with van der Waals surface area (Å²) in [5, 5.41) is 0. The zero-order valence-electron chi connectivity index (χ0n) is 19.4. The molecule has 0 spiro atoms. The van der Waals surface area contributed by atoms with Gasteiger partial charge in [-0.2, -0.15) is 0 Å². The first kappa shape index (κ1) is 25.3. The van der Waals surface area contributed by atoms with Gasteiger partial charge in [-0.1, -0.05) is 54.6 Å². The van der Waals surface area contributed by atoms with Crippen molar-refractivity contribution in [2.75, 3.05) is 6.61 Å². The average Bonchev–Trinajstić information content (AvgIpc) is 2.76. The number of carbonyl (C=O) groups is 3. The second-order valence-electron chi connectivity index (χ2n) is 8.87. The molecule has 5 nitrogen and oxygen atoms in total. The van der Waals surface area contributed by atoms with Gasteiger partial charge in [0.05, 0.1) is 6.61 Å². The van der Waals surface area contributed by atoms with Crippen LogP contribution >= 0.6 is 0 Å². The van der Waals surface area contributed by atoms with Crippen LogP contribution in [0.25, 0.3) is 11.1 Å². The number of aryl methyl sites for hydroxylation is 1. The van der Waals surface area contributed by atoms with Gasteiger partial charge in [0.25, 0.3) is 0 Å². The first-order valence-corrected chi connectivity index (χ1v) is 11.3. The molecule has 0 aliphatic rings. The van der Waals surface area contributed by atoms with Crippen molar-refractivity contribution >= 4 is 17.7 Å². The van der Waals surface area contributed by atoms with E-state index in [0.29, 0.717) is 19.3 Å². The molecular formula is C27H34O5. The molecule has 0 fully saturated rings. The van der Waals surface area contributed by atoms with Gasteiger partial charge in [-0.15, -0.1) is 0 Å². The number of carbonyl (C=O) groups excluding carboxylic acids is 3. The van der Waals surface area contributed by atoms with E-state index in [-0.39, 0.29) is 25.4 Å². The van der Waals surface area contributed by atoms with Crippen molar-refractivity contribution < 1.29 is 23.9 Å². The van der Waals surface area contributed by atoms with Crippen molar-refractivity contribution in [1.82, 2.24) is 0 Å². The Labute approximate surface area is 191 Å². The fourth-order valence-corrected chi connectivity index (χ4v) is 3.22. The van der Waals surface area contributed by atoms with Gasteiger partial charge in [0.2, 0.25) is 5.78 Å². The van der Waals surface area contributed by atoms with Gasteiger partial charge >= 0.3 is 11.9 Å². The highest BCUT2D eigenvalue weighted by atomic mass is 16.6. The minimum atomic E-state index is -0.783. The van der Waals surface area contributed by atoms with Crippen LogP contribution in [0.3, 0.4) is 0 Å². The second-order valence-corrected chi connectivity index (χ2v) is 8.87. The molecular weight excluding hydrogens is 404 g/mol. The number of benzene rings is 2. The standard InChI is InChI=1S/C27H34O5/c1-27(2,3)32-25(29)15-9-10-20-31-26(30)24(28)14-8-7-11-21-16-18-23(19-17-21)22-12-5-4-6-13-22/h4-6,12-13,16-19H,7-11,14-15,20H2,1-3H3. The lowest BCUT2D eigenvalue weighted by atomic mass is 10.0. The van der Waals surface area contributed by atoms with E-state index in [4.69, 9.17) is 9.47 Å². The van der Waals surface area contributed by atoms with Gasteiger partial charge in [-0.3, -0.25) is 9.59 Å². The molecule has 2 rings (SSSR count). The third-order valence-electron chi connectivity index (χ3n) is 4.84. The monoisotopic (exact) mass is 438 g/mol. The number of ether oxygens (including phenoxy) is 2. The maximum absolute atomic E-state index is 11.9. The van der Waals surface area contributed by atoms with E-state index in [1.807, 2.05) is 39.0 Å². The molecule has 172 valence electrons. The Morgan fingerprint density at radius 3 is 2.03 bits per heavy atom. The molecule has 0 atom stereocenters. The molecule has 0 unspecified atom stereocenters. The second kappa shape index (κ2) is 12.8. The predicted molar refractivity (Wildman–Crippen MR) is 125 cm³/mol. The van der Waals surface area contributed by atoms with E-state index in [9.17, 15) is 14.4 Å². The third kappa shape index (κ3) is 9.90. The van der Waals surface area contributed by atoms with Gasteiger partial charge in [0, 0.05) is 12.8 Å². The van der Waals surface area contributed by atoms with Crippen molar-refractivity contribution in [3.8, 4) is 11.1 Å². The van der Waals surface area contributed by atoms with Crippen molar-refractivity contribution in [2.24, 2.45) is 0 Å². The van der Waals surface area contributed by atoms with Crippen LogP contribution in [0.15, 0.2) is 54.6 Å². The molecule has 0 bridgehead atoms. The summed E-state index contributed by atoms with van der Waals surface area (Å²) in [7, 11) is 0. The Hall–Kier alpha value is -2.95. The molecule has 2 aromatic carbocycles. The minimum absolute atomic E-state index is 0.140. The predicted octanol–water partition coefficient (Wildman–Crippen LogP) is 5.69. The zero-order chi connectivity index (χ0) is 23.4. The van der Waals surface area contributed by atoms with Crippen molar-refractivity contribution in [1.29, 1.82) is 0 Å². The van der Waals surface area contributed by atoms with Crippen LogP contribution in [0.1, 0.15) is 64.9 Å². The van der Waals surface area contributed by atoms with E-state index < -0.39 is 17.4 Å². The molecule has 0 amide bonds. The fraction of sp³-hybridized carbons (Fsp3) is 0.444. The van der Waals surface area contributed by atoms with Gasteiger partial charge in [0.15, 0.2) is 0 Å². The Morgan fingerprint density at radius 1 is 0.750 bits per heavy atom. The van der Waals surface area contributed by atoms with Crippen LogP contribution in [0.5, 0.6) is 0 Å². The highest BCUT2D eigenvalue weighted by Crippen LogP contribution is 2.20. The lowest BCUT2D eigenvalue weighted by Gasteiger charge is -2.19. The van der Waals surface area contributed by atoms with E-state index in [2.05, 4.69) is 36.4 Å². The van der Waals surface area contributed by atoms with Crippen molar-refractivity contribution in [3.63, 3.8) is 0 Å². The molecule has 32 heavy (non-hydrogen) atoms. The summed E-state index contributed by atoms with van der Waals surface area (Å²) in [4.78, 5) is 35.3. The lowest BCUT2D eigenvalue weighted by Crippen LogP contribution is -2.23. The molecule has 2 aromatic rings. The Kier molecular flexibility index (Phi) is 10.1. The first-order chi connectivity index (χ1) is 15.2. The maximum atomic E-state index is 11.9. The van der Waals surface area contributed by atoms with E-state index >= 15 is 0 Å². The Bertz CT molecular complexity index is 863. The summed E-state index contributed by atoms with van der Waals surface area (Å²) in [5.74, 6) is -1.54. The van der Waals surface area contributed by atoms with E-state index in [1.165, 1.54) is 16.7 Å². The number of Topliss-reactive ketones (excluding diaryl/α,β-unsaturated/α-hetero) is 1. The average molecular weight is 439 g/mol. The number of ketones is 1. The summed E-state index contributed by atoms with van der Waals surface area (Å²) in [6.07, 6.45) is 3.89. The minimum Gasteiger partial charge on any atom is -0.460 e. The highest BCUT2D eigenvalue weighted by molar-refractivity contribution is 6.33. The van der Waals surface area contributed by atoms with Crippen molar-refractivity contribution in [2.45, 2.75) is 71.3 Å². The molecule has 0 radical (unpaired) electrons. The smallest absolute Gasteiger partial charge is 0.374 e. The Morgan fingerprint density at radius 2 is 1.38 bits per heavy atom. The summed E-state index contributed by atoms with van der Waals surface area (Å²) in [6.45, 7) is 5.60. The van der Waals surface area contributed by atoms with E-state index in [1.54, 1.807) is 0 Å². The number of rotatable bonds is 12. The number of esters is 2. The number of hydrogen-bond donors (Lipinski definition) is 0. The molecule has 5 heteroatoms. The van der Waals surface area contributed by atoms with Gasteiger partial charge < -0.3 is 9.47 Å². The molecule has 0 aliphatic carbocycles. The summed E-state index contributed by atoms with van der Waals surface area (Å²) >= 11 is 0. The van der Waals surface area contributed by atoms with Crippen LogP contribution in [0, 0.1) is 0 Å². The molecule has 0 saturated heterocycles. The quantitative estimate of drug-likeness (QED) is 0.242. The van der Waals surface area contributed by atoms with Crippen LogP contribution in [-0.4, -0.2) is 29.9 Å². The topological polar surface area (TPSA) is 69.7 Å². The number of unbranched alkanes of at least 4 members (excludes halogenated alkanes) is 2. The van der Waals surface area contributed by atoms with Crippen LogP contribution < -0.4 is 0 Å². The van der Waals surface area contributed by atoms with Gasteiger partial charge in [-0.25, -0.2) is 4.79 Å². The molecule has 0 saturated carbocycles. The number of hydrogen-bond acceptors (Lipinski definition) is 5. The zero-order valence-corrected chi connectivity index (χ0v) is 19.4. The first-order valence-electron chi connectivity index (χ1n) is 11.3. The fourth-order valence-electron chi connectivity index (χ4n) is 3.22. The molecule has 0 aromatic heterocycles. The normalized spacial score (nSPS) is 11.1. The summed E-state index contributed by atoms with van der Waals surface area (Å²) < 4.78 is 10.2. The van der Waals surface area contributed by atoms with Crippen LogP contribution in [0.4, 0.5) is 0 Å². The van der Waals surface area contributed by atoms with Crippen LogP contribution in [-0.2, 0) is 30.3 Å². The molecule has 0 N–H and O–H groups in total. The maximum Gasteiger partial charge on any atom is 0.374 e. The lowest BCUT2D eigenvalue weighted by molar-refractivity contribution is -0.155. The van der Waals surface area contributed by atoms with Gasteiger partial charge in [-0.05, 0) is 69.6 Å². The molecule has 0 aliphatic heterocycles. The van der Waals surface area contributed by atoms with Gasteiger partial charge in [0.1, 0.15) is 5.60 Å². The SMILES string of the molecule is CC(C)(C)OC(=O)CCCCOC(=O)C(=O)CCCCc1ccc(-c2ccccc2)cc1. The largest absolute Gasteiger partial charge is 0.460 e. The molecule has 0 heterocycles. The Balaban J connectivity index is 1.57. The summed E-state index contributed by atoms with van der Waals surface area (Å²) in [6, 6.07) is 18.6. The van der Waals surface area contributed by atoms with Crippen LogP contribution in [0.2, 0.25) is 0 Å². The van der Waals surface area contributed by atoms with Crippen molar-refractivity contribution in [3.05, 3.63) is 60.2 Å². The third-order valence-corrected chi connectivity index (χ3v) is 4.84.